The van der Waals surface area contributed by atoms with Gasteiger partial charge in [-0.3, -0.25) is 4.99 Å². The predicted octanol–water partition coefficient (Wildman–Crippen LogP) is 2.87. The quantitative estimate of drug-likeness (QED) is 0.646. The molecule has 0 amide bonds. The summed E-state index contributed by atoms with van der Waals surface area (Å²) in [6.45, 7) is 9.37. The molecule has 2 fully saturated rings. The van der Waals surface area contributed by atoms with Gasteiger partial charge >= 0.3 is 0 Å². The van der Waals surface area contributed by atoms with Crippen molar-refractivity contribution in [2.45, 2.75) is 64.8 Å². The molecule has 26 heavy (non-hydrogen) atoms. The fourth-order valence-electron chi connectivity index (χ4n) is 3.65. The molecule has 1 aromatic heterocycles. The minimum Gasteiger partial charge on any atom is -0.377 e. The van der Waals surface area contributed by atoms with Crippen LogP contribution in [-0.4, -0.2) is 64.7 Å². The van der Waals surface area contributed by atoms with Crippen molar-refractivity contribution in [2.75, 3.05) is 26.4 Å². The van der Waals surface area contributed by atoms with E-state index in [-0.39, 0.29) is 12.3 Å². The molecule has 7 heteroatoms. The van der Waals surface area contributed by atoms with E-state index in [0.717, 1.165) is 63.6 Å². The summed E-state index contributed by atoms with van der Waals surface area (Å²) in [6.07, 6.45) is 5.74. The molecule has 1 N–H and O–H groups in total. The van der Waals surface area contributed by atoms with E-state index in [1.54, 1.807) is 6.20 Å². The standard InChI is InChI=1S/C19H31N5O2/c1-4-17(23-10-12-25-13-14(23)2)22-15(3)19(20)16-8-9-21-24(16)18-7-5-6-11-26-18/h8-9,14-15,18,20H,4-7,10-13H2,1-3H3/b20-19?,22-17+/t14-,15?,18?/m1/s1. The van der Waals surface area contributed by atoms with E-state index in [1.165, 1.54) is 0 Å². The molecular weight excluding hydrogens is 330 g/mol. The van der Waals surface area contributed by atoms with Gasteiger partial charge in [-0.1, -0.05) is 6.92 Å². The molecule has 0 spiro atoms. The second-order valence-electron chi connectivity index (χ2n) is 7.09. The van der Waals surface area contributed by atoms with E-state index in [4.69, 9.17) is 19.9 Å². The van der Waals surface area contributed by atoms with Gasteiger partial charge in [-0.2, -0.15) is 5.10 Å². The molecular formula is C19H31N5O2. The molecule has 3 heterocycles. The number of nitrogens with one attached hydrogen (secondary N) is 1. The Kier molecular flexibility index (Phi) is 6.43. The summed E-state index contributed by atoms with van der Waals surface area (Å²) >= 11 is 0. The lowest BCUT2D eigenvalue weighted by atomic mass is 10.1. The molecule has 2 saturated heterocycles. The number of amidine groups is 1. The van der Waals surface area contributed by atoms with E-state index >= 15 is 0 Å². The van der Waals surface area contributed by atoms with Crippen LogP contribution in [0.25, 0.3) is 0 Å². The van der Waals surface area contributed by atoms with Gasteiger partial charge in [0.1, 0.15) is 0 Å². The van der Waals surface area contributed by atoms with Crippen LogP contribution in [-0.2, 0) is 9.47 Å². The largest absolute Gasteiger partial charge is 0.377 e. The number of ether oxygens (including phenoxy) is 2. The molecule has 1 aromatic rings. The van der Waals surface area contributed by atoms with Crippen molar-refractivity contribution < 1.29 is 9.47 Å². The van der Waals surface area contributed by atoms with Gasteiger partial charge in [0.05, 0.1) is 42.5 Å². The molecule has 7 nitrogen and oxygen atoms in total. The lowest BCUT2D eigenvalue weighted by molar-refractivity contribution is -0.0398. The highest BCUT2D eigenvalue weighted by Crippen LogP contribution is 2.24. The molecule has 0 aliphatic carbocycles. The molecule has 3 rings (SSSR count). The van der Waals surface area contributed by atoms with Crippen molar-refractivity contribution in [3.05, 3.63) is 18.0 Å². The Labute approximate surface area is 155 Å². The van der Waals surface area contributed by atoms with Crippen LogP contribution in [0.2, 0.25) is 0 Å². The molecule has 0 aromatic carbocycles. The van der Waals surface area contributed by atoms with Gasteiger partial charge in [-0.15, -0.1) is 0 Å². The van der Waals surface area contributed by atoms with Crippen LogP contribution in [0.5, 0.6) is 0 Å². The normalized spacial score (nSPS) is 26.0. The lowest BCUT2D eigenvalue weighted by Crippen LogP contribution is -2.47. The number of nitrogens with zero attached hydrogens (tertiary/aromatic N) is 4. The number of hydrogen-bond acceptors (Lipinski definition) is 5. The third kappa shape index (κ3) is 4.15. The van der Waals surface area contributed by atoms with E-state index < -0.39 is 0 Å². The Morgan fingerprint density at radius 2 is 2.27 bits per heavy atom. The lowest BCUT2D eigenvalue weighted by Gasteiger charge is -2.36. The summed E-state index contributed by atoms with van der Waals surface area (Å²) in [7, 11) is 0. The third-order valence-corrected chi connectivity index (χ3v) is 5.15. The third-order valence-electron chi connectivity index (χ3n) is 5.15. The first-order valence-corrected chi connectivity index (χ1v) is 9.76. The smallest absolute Gasteiger partial charge is 0.150 e. The summed E-state index contributed by atoms with van der Waals surface area (Å²) in [4.78, 5) is 7.21. The minimum absolute atomic E-state index is 0.0600. The maximum Gasteiger partial charge on any atom is 0.150 e. The molecule has 0 bridgehead atoms. The molecule has 3 atom stereocenters. The predicted molar refractivity (Wildman–Crippen MR) is 102 cm³/mol. The van der Waals surface area contributed by atoms with E-state index in [0.29, 0.717) is 11.8 Å². The Bertz CT molecular complexity index is 636. The van der Waals surface area contributed by atoms with E-state index in [1.807, 2.05) is 17.7 Å². The van der Waals surface area contributed by atoms with Crippen molar-refractivity contribution in [1.82, 2.24) is 14.7 Å². The number of morpholine rings is 1. The van der Waals surface area contributed by atoms with Crippen molar-refractivity contribution in [3.8, 4) is 0 Å². The van der Waals surface area contributed by atoms with Gasteiger partial charge in [0.2, 0.25) is 0 Å². The summed E-state index contributed by atoms with van der Waals surface area (Å²) in [5.41, 5.74) is 1.29. The Hall–Kier alpha value is -1.73. The SMILES string of the molecule is CC/C(=N\C(C)C(=N)c1ccnn1C1CCCCO1)N1CCOC[C@H]1C. The Morgan fingerprint density at radius 3 is 2.96 bits per heavy atom. The van der Waals surface area contributed by atoms with Crippen molar-refractivity contribution in [1.29, 1.82) is 5.41 Å². The first kappa shape index (κ1) is 19.0. The van der Waals surface area contributed by atoms with Gasteiger partial charge in [-0.25, -0.2) is 4.68 Å². The van der Waals surface area contributed by atoms with Crippen LogP contribution in [0.1, 0.15) is 58.4 Å². The average Bonchev–Trinajstić information content (AvgIpc) is 3.16. The van der Waals surface area contributed by atoms with E-state index in [2.05, 4.69) is 23.8 Å². The molecule has 0 saturated carbocycles. The molecule has 2 aliphatic heterocycles. The zero-order chi connectivity index (χ0) is 18.5. The maximum absolute atomic E-state index is 8.68. The van der Waals surface area contributed by atoms with Gasteiger partial charge in [0.25, 0.3) is 0 Å². The van der Waals surface area contributed by atoms with Gasteiger partial charge in [0, 0.05) is 25.8 Å². The molecule has 2 unspecified atom stereocenters. The second-order valence-corrected chi connectivity index (χ2v) is 7.09. The van der Waals surface area contributed by atoms with E-state index in [9.17, 15) is 0 Å². The summed E-state index contributed by atoms with van der Waals surface area (Å²) in [6, 6.07) is 2.00. The van der Waals surface area contributed by atoms with Gasteiger partial charge in [0.15, 0.2) is 6.23 Å². The van der Waals surface area contributed by atoms with Crippen LogP contribution in [0, 0.1) is 5.41 Å². The highest BCUT2D eigenvalue weighted by atomic mass is 16.5. The number of hydrogen-bond donors (Lipinski definition) is 1. The first-order valence-electron chi connectivity index (χ1n) is 9.76. The number of aliphatic imine (C=N–C) groups is 1. The van der Waals surface area contributed by atoms with Gasteiger partial charge < -0.3 is 19.8 Å². The first-order chi connectivity index (χ1) is 12.6. The highest BCUT2D eigenvalue weighted by molar-refractivity contribution is 6.02. The summed E-state index contributed by atoms with van der Waals surface area (Å²) < 4.78 is 13.2. The fraction of sp³-hybridized carbons (Fsp3) is 0.737. The fourth-order valence-corrected chi connectivity index (χ4v) is 3.65. The molecule has 0 radical (unpaired) electrons. The topological polar surface area (TPSA) is 75.7 Å². The van der Waals surface area contributed by atoms with Crippen LogP contribution in [0.3, 0.4) is 0 Å². The van der Waals surface area contributed by atoms with Crippen molar-refractivity contribution >= 4 is 11.5 Å². The number of rotatable bonds is 5. The minimum atomic E-state index is -0.223. The summed E-state index contributed by atoms with van der Waals surface area (Å²) in [5, 5.41) is 13.1. The Morgan fingerprint density at radius 1 is 1.42 bits per heavy atom. The summed E-state index contributed by atoms with van der Waals surface area (Å²) in [5.74, 6) is 1.05. The second kappa shape index (κ2) is 8.77. The van der Waals surface area contributed by atoms with Crippen LogP contribution in [0.15, 0.2) is 17.3 Å². The Balaban J connectivity index is 1.75. The monoisotopic (exact) mass is 361 g/mol. The van der Waals surface area contributed by atoms with Crippen LogP contribution < -0.4 is 0 Å². The van der Waals surface area contributed by atoms with Gasteiger partial charge in [-0.05, 0) is 39.2 Å². The van der Waals surface area contributed by atoms with Crippen molar-refractivity contribution in [2.24, 2.45) is 4.99 Å². The van der Waals surface area contributed by atoms with Crippen LogP contribution >= 0.6 is 0 Å². The highest BCUT2D eigenvalue weighted by Gasteiger charge is 2.25. The van der Waals surface area contributed by atoms with Crippen molar-refractivity contribution in [3.63, 3.8) is 0 Å². The average molecular weight is 361 g/mol. The zero-order valence-corrected chi connectivity index (χ0v) is 16.1. The molecule has 2 aliphatic rings. The van der Waals surface area contributed by atoms with Crippen LogP contribution in [0.4, 0.5) is 0 Å². The number of aromatic nitrogens is 2. The zero-order valence-electron chi connectivity index (χ0n) is 16.1. The molecule has 144 valence electrons. The maximum atomic E-state index is 8.68.